The van der Waals surface area contributed by atoms with Gasteiger partial charge in [0.2, 0.25) is 5.91 Å². The molecule has 1 N–H and O–H groups in total. The molecule has 0 unspecified atom stereocenters. The summed E-state index contributed by atoms with van der Waals surface area (Å²) in [6.45, 7) is 3.77. The summed E-state index contributed by atoms with van der Waals surface area (Å²) in [7, 11) is 1.56. The number of carbonyl (C=O) groups is 2. The van der Waals surface area contributed by atoms with Crippen LogP contribution in [0.4, 0.5) is 5.69 Å². The first kappa shape index (κ1) is 15.2. The Bertz CT molecular complexity index is 603. The summed E-state index contributed by atoms with van der Waals surface area (Å²) in [4.78, 5) is 37.5. The maximum atomic E-state index is 12.4. The molecule has 0 radical (unpaired) electrons. The number of ether oxygens (including phenoxy) is 1. The molecule has 21 heavy (non-hydrogen) atoms. The van der Waals surface area contributed by atoms with Crippen LogP contribution < -0.4 is 10.9 Å². The monoisotopic (exact) mass is 293 g/mol. The SMILES string of the molecule is CCC(=O)Nc1cc(C(=O)N2CCOCC2)cn(C)c1=O. The van der Waals surface area contributed by atoms with Crippen LogP contribution in [0, 0.1) is 0 Å². The number of carbonyl (C=O) groups excluding carboxylic acids is 2. The van der Waals surface area contributed by atoms with Crippen LogP contribution in [-0.2, 0) is 16.6 Å². The molecule has 7 nitrogen and oxygen atoms in total. The van der Waals surface area contributed by atoms with Gasteiger partial charge in [0.15, 0.2) is 0 Å². The van der Waals surface area contributed by atoms with E-state index in [0.717, 1.165) is 0 Å². The number of pyridine rings is 1. The minimum Gasteiger partial charge on any atom is -0.378 e. The third-order valence-corrected chi connectivity index (χ3v) is 3.32. The molecule has 1 fully saturated rings. The van der Waals surface area contributed by atoms with E-state index < -0.39 is 0 Å². The highest BCUT2D eigenvalue weighted by molar-refractivity contribution is 5.96. The molecule has 2 amide bonds. The van der Waals surface area contributed by atoms with Crippen molar-refractivity contribution in [1.29, 1.82) is 0 Å². The summed E-state index contributed by atoms with van der Waals surface area (Å²) in [6.07, 6.45) is 1.76. The molecule has 1 saturated heterocycles. The summed E-state index contributed by atoms with van der Waals surface area (Å²) in [5.41, 5.74) is 0.171. The van der Waals surface area contributed by atoms with Gasteiger partial charge in [-0.2, -0.15) is 0 Å². The second-order valence-corrected chi connectivity index (χ2v) is 4.86. The highest BCUT2D eigenvalue weighted by Crippen LogP contribution is 2.10. The van der Waals surface area contributed by atoms with Crippen LogP contribution in [0.15, 0.2) is 17.1 Å². The van der Waals surface area contributed by atoms with Gasteiger partial charge in [-0.1, -0.05) is 6.92 Å². The molecule has 0 atom stereocenters. The summed E-state index contributed by atoms with van der Waals surface area (Å²) < 4.78 is 6.52. The van der Waals surface area contributed by atoms with Gasteiger partial charge in [0.1, 0.15) is 5.69 Å². The summed E-state index contributed by atoms with van der Waals surface area (Å²) in [5, 5.41) is 2.53. The Morgan fingerprint density at radius 3 is 2.62 bits per heavy atom. The number of aryl methyl sites for hydroxylation is 1. The Labute approximate surface area is 122 Å². The Hall–Kier alpha value is -2.15. The Morgan fingerprint density at radius 1 is 1.33 bits per heavy atom. The van der Waals surface area contributed by atoms with Crippen molar-refractivity contribution in [3.63, 3.8) is 0 Å². The molecule has 0 saturated carbocycles. The van der Waals surface area contributed by atoms with Crippen molar-refractivity contribution >= 4 is 17.5 Å². The van der Waals surface area contributed by atoms with E-state index in [1.165, 1.54) is 16.8 Å². The molecular formula is C14H19N3O4. The molecular weight excluding hydrogens is 274 g/mol. The average Bonchev–Trinajstić information content (AvgIpc) is 2.51. The second-order valence-electron chi connectivity index (χ2n) is 4.86. The number of hydrogen-bond acceptors (Lipinski definition) is 4. The summed E-state index contributed by atoms with van der Waals surface area (Å²) in [5.74, 6) is -0.427. The molecule has 0 bridgehead atoms. The lowest BCUT2D eigenvalue weighted by molar-refractivity contribution is -0.115. The zero-order chi connectivity index (χ0) is 15.4. The van der Waals surface area contributed by atoms with Crippen molar-refractivity contribution in [2.24, 2.45) is 7.05 Å². The van der Waals surface area contributed by atoms with Crippen LogP contribution in [0.25, 0.3) is 0 Å². The first-order chi connectivity index (χ1) is 10.0. The Balaban J connectivity index is 2.29. The molecule has 2 heterocycles. The minimum absolute atomic E-state index is 0.128. The minimum atomic E-state index is -0.338. The molecule has 1 aromatic heterocycles. The quantitative estimate of drug-likeness (QED) is 0.863. The number of hydrogen-bond donors (Lipinski definition) is 1. The van der Waals surface area contributed by atoms with Crippen LogP contribution in [0.2, 0.25) is 0 Å². The maximum Gasteiger partial charge on any atom is 0.274 e. The highest BCUT2D eigenvalue weighted by atomic mass is 16.5. The van der Waals surface area contributed by atoms with Gasteiger partial charge < -0.3 is 19.5 Å². The highest BCUT2D eigenvalue weighted by Gasteiger charge is 2.20. The molecule has 0 aliphatic carbocycles. The van der Waals surface area contributed by atoms with Gasteiger partial charge in [-0.25, -0.2) is 0 Å². The predicted molar refractivity (Wildman–Crippen MR) is 77.3 cm³/mol. The summed E-state index contributed by atoms with van der Waals surface area (Å²) in [6, 6.07) is 1.44. The lowest BCUT2D eigenvalue weighted by Gasteiger charge is -2.27. The van der Waals surface area contributed by atoms with E-state index in [0.29, 0.717) is 31.9 Å². The van der Waals surface area contributed by atoms with Crippen LogP contribution in [0.5, 0.6) is 0 Å². The van der Waals surface area contributed by atoms with Crippen molar-refractivity contribution in [2.45, 2.75) is 13.3 Å². The number of anilines is 1. The predicted octanol–water partition coefficient (Wildman–Crippen LogP) is 0.206. The number of morpholine rings is 1. The number of rotatable bonds is 3. The normalized spacial score (nSPS) is 14.9. The first-order valence-corrected chi connectivity index (χ1v) is 6.90. The molecule has 2 rings (SSSR count). The first-order valence-electron chi connectivity index (χ1n) is 6.90. The molecule has 114 valence electrons. The van der Waals surface area contributed by atoms with E-state index in [4.69, 9.17) is 4.74 Å². The number of amides is 2. The van der Waals surface area contributed by atoms with Crippen molar-refractivity contribution in [3.05, 3.63) is 28.2 Å². The van der Waals surface area contributed by atoms with Crippen molar-refractivity contribution < 1.29 is 14.3 Å². The summed E-state index contributed by atoms with van der Waals surface area (Å²) >= 11 is 0. The third kappa shape index (κ3) is 3.49. The Morgan fingerprint density at radius 2 is 2.00 bits per heavy atom. The number of nitrogens with one attached hydrogen (secondary N) is 1. The van der Waals surface area contributed by atoms with E-state index in [9.17, 15) is 14.4 Å². The molecule has 0 aromatic carbocycles. The van der Waals surface area contributed by atoms with Gasteiger partial charge in [-0.3, -0.25) is 14.4 Å². The van der Waals surface area contributed by atoms with Crippen molar-refractivity contribution in [2.75, 3.05) is 31.6 Å². The lowest BCUT2D eigenvalue weighted by Crippen LogP contribution is -2.41. The smallest absolute Gasteiger partial charge is 0.274 e. The molecule has 1 aliphatic heterocycles. The van der Waals surface area contributed by atoms with Crippen LogP contribution >= 0.6 is 0 Å². The van der Waals surface area contributed by atoms with Crippen molar-refractivity contribution in [1.82, 2.24) is 9.47 Å². The molecule has 1 aromatic rings. The number of aromatic nitrogens is 1. The zero-order valence-electron chi connectivity index (χ0n) is 12.2. The van der Waals surface area contributed by atoms with Crippen LogP contribution in [0.3, 0.4) is 0 Å². The largest absolute Gasteiger partial charge is 0.378 e. The van der Waals surface area contributed by atoms with E-state index in [1.54, 1.807) is 18.9 Å². The topological polar surface area (TPSA) is 80.6 Å². The van der Waals surface area contributed by atoms with E-state index in [1.807, 2.05) is 0 Å². The van der Waals surface area contributed by atoms with Gasteiger partial charge in [0.05, 0.1) is 18.8 Å². The van der Waals surface area contributed by atoms with E-state index in [-0.39, 0.29) is 29.5 Å². The second kappa shape index (κ2) is 6.53. The number of nitrogens with zero attached hydrogens (tertiary/aromatic N) is 2. The molecule has 1 aliphatic rings. The van der Waals surface area contributed by atoms with Gasteiger partial charge in [-0.15, -0.1) is 0 Å². The fourth-order valence-electron chi connectivity index (χ4n) is 2.11. The lowest BCUT2D eigenvalue weighted by atomic mass is 10.2. The molecule has 7 heteroatoms. The van der Waals surface area contributed by atoms with E-state index in [2.05, 4.69) is 5.32 Å². The van der Waals surface area contributed by atoms with Gasteiger partial charge in [-0.05, 0) is 6.07 Å². The maximum absolute atomic E-state index is 12.4. The Kier molecular flexibility index (Phi) is 4.74. The fraction of sp³-hybridized carbons (Fsp3) is 0.500. The van der Waals surface area contributed by atoms with Crippen molar-refractivity contribution in [3.8, 4) is 0 Å². The van der Waals surface area contributed by atoms with Gasteiger partial charge >= 0.3 is 0 Å². The van der Waals surface area contributed by atoms with Gasteiger partial charge in [0.25, 0.3) is 11.5 Å². The fourth-order valence-corrected chi connectivity index (χ4v) is 2.11. The van der Waals surface area contributed by atoms with Gasteiger partial charge in [0, 0.05) is 32.8 Å². The standard InChI is InChI=1S/C14H19N3O4/c1-3-12(18)15-11-8-10(9-16(2)14(11)20)13(19)17-4-6-21-7-5-17/h8-9H,3-7H2,1-2H3,(H,15,18). The van der Waals surface area contributed by atoms with Crippen LogP contribution in [0.1, 0.15) is 23.7 Å². The third-order valence-electron chi connectivity index (χ3n) is 3.32. The zero-order valence-corrected chi connectivity index (χ0v) is 12.2. The van der Waals surface area contributed by atoms with Crippen LogP contribution in [-0.4, -0.2) is 47.6 Å². The average molecular weight is 293 g/mol. The van der Waals surface area contributed by atoms with E-state index >= 15 is 0 Å². The molecule has 0 spiro atoms.